The quantitative estimate of drug-likeness (QED) is 0.444. The van der Waals surface area contributed by atoms with Crippen molar-refractivity contribution in [1.29, 1.82) is 0 Å². The summed E-state index contributed by atoms with van der Waals surface area (Å²) in [6.07, 6.45) is 1.58. The predicted octanol–water partition coefficient (Wildman–Crippen LogP) is 1.14. The second-order valence-corrected chi connectivity index (χ2v) is 2.66. The predicted molar refractivity (Wildman–Crippen MR) is 46.3 cm³/mol. The number of methoxy groups -OCH3 is 1. The SMILES string of the molecule is COc1cnc(Br)cc1NN. The number of nitrogens with two attached hydrogens (primary N) is 1. The minimum atomic E-state index is 0.621. The van der Waals surface area contributed by atoms with Crippen LogP contribution in [0.1, 0.15) is 0 Å². The van der Waals surface area contributed by atoms with Gasteiger partial charge in [-0.1, -0.05) is 0 Å². The van der Waals surface area contributed by atoms with Crippen molar-refractivity contribution in [2.24, 2.45) is 5.84 Å². The van der Waals surface area contributed by atoms with Crippen molar-refractivity contribution in [2.45, 2.75) is 0 Å². The molecule has 5 heteroatoms. The monoisotopic (exact) mass is 217 g/mol. The molecule has 0 saturated carbocycles. The van der Waals surface area contributed by atoms with Crippen LogP contribution in [0.2, 0.25) is 0 Å². The standard InChI is InChI=1S/C6H8BrN3O/c1-11-5-3-9-6(7)2-4(5)10-8/h2-3H,8H2,1H3,(H,9,10). The Morgan fingerprint density at radius 2 is 2.45 bits per heavy atom. The Balaban J connectivity index is 3.06. The molecule has 1 aromatic rings. The zero-order valence-corrected chi connectivity index (χ0v) is 7.55. The van der Waals surface area contributed by atoms with Crippen molar-refractivity contribution in [1.82, 2.24) is 4.98 Å². The molecule has 0 atom stereocenters. The summed E-state index contributed by atoms with van der Waals surface area (Å²) in [6.45, 7) is 0. The molecule has 4 nitrogen and oxygen atoms in total. The highest BCUT2D eigenvalue weighted by molar-refractivity contribution is 9.10. The largest absolute Gasteiger partial charge is 0.493 e. The molecular formula is C6H8BrN3O. The molecule has 0 spiro atoms. The van der Waals surface area contributed by atoms with Crippen LogP contribution in [0.3, 0.4) is 0 Å². The number of rotatable bonds is 2. The number of hydrogen-bond donors (Lipinski definition) is 2. The van der Waals surface area contributed by atoms with Gasteiger partial charge in [-0.2, -0.15) is 0 Å². The van der Waals surface area contributed by atoms with Gasteiger partial charge in [0.1, 0.15) is 4.60 Å². The van der Waals surface area contributed by atoms with Gasteiger partial charge >= 0.3 is 0 Å². The van der Waals surface area contributed by atoms with Crippen LogP contribution in [-0.4, -0.2) is 12.1 Å². The molecular weight excluding hydrogens is 210 g/mol. The fourth-order valence-corrected chi connectivity index (χ4v) is 1.02. The molecule has 0 aliphatic carbocycles. The van der Waals surface area contributed by atoms with E-state index in [9.17, 15) is 0 Å². The van der Waals surface area contributed by atoms with Crippen LogP contribution in [0.15, 0.2) is 16.9 Å². The van der Waals surface area contributed by atoms with Crippen LogP contribution in [0, 0.1) is 0 Å². The van der Waals surface area contributed by atoms with Crippen LogP contribution < -0.4 is 16.0 Å². The van der Waals surface area contributed by atoms with Crippen LogP contribution in [0.4, 0.5) is 5.69 Å². The van der Waals surface area contributed by atoms with Crippen LogP contribution >= 0.6 is 15.9 Å². The molecule has 1 rings (SSSR count). The van der Waals surface area contributed by atoms with Gasteiger partial charge in [0.05, 0.1) is 19.0 Å². The highest BCUT2D eigenvalue weighted by atomic mass is 79.9. The summed E-state index contributed by atoms with van der Waals surface area (Å²) >= 11 is 3.20. The molecule has 0 radical (unpaired) electrons. The molecule has 3 N–H and O–H groups in total. The normalized spacial score (nSPS) is 9.36. The van der Waals surface area contributed by atoms with E-state index in [0.717, 1.165) is 0 Å². The van der Waals surface area contributed by atoms with Gasteiger partial charge in [-0.25, -0.2) is 4.98 Å². The Labute approximate surface area is 72.9 Å². The molecule has 0 aliphatic heterocycles. The first kappa shape index (κ1) is 8.29. The average Bonchev–Trinajstić information content (AvgIpc) is 2.04. The highest BCUT2D eigenvalue weighted by Crippen LogP contribution is 2.24. The molecule has 0 saturated heterocycles. The third-order valence-corrected chi connectivity index (χ3v) is 1.64. The summed E-state index contributed by atoms with van der Waals surface area (Å²) in [4.78, 5) is 3.95. The van der Waals surface area contributed by atoms with Crippen molar-refractivity contribution in [2.75, 3.05) is 12.5 Å². The van der Waals surface area contributed by atoms with Gasteiger partial charge in [0.15, 0.2) is 5.75 Å². The van der Waals surface area contributed by atoms with E-state index in [2.05, 4.69) is 26.3 Å². The van der Waals surface area contributed by atoms with Gasteiger partial charge < -0.3 is 10.2 Å². The fraction of sp³-hybridized carbons (Fsp3) is 0.167. The topological polar surface area (TPSA) is 60.2 Å². The van der Waals surface area contributed by atoms with Crippen LogP contribution in [0.25, 0.3) is 0 Å². The number of halogens is 1. The van der Waals surface area contributed by atoms with Crippen molar-refractivity contribution >= 4 is 21.6 Å². The van der Waals surface area contributed by atoms with E-state index in [1.165, 1.54) is 0 Å². The van der Waals surface area contributed by atoms with Crippen molar-refractivity contribution in [3.63, 3.8) is 0 Å². The Bertz CT molecular complexity index is 254. The van der Waals surface area contributed by atoms with Gasteiger partial charge in [0.25, 0.3) is 0 Å². The first-order valence-corrected chi connectivity index (χ1v) is 3.73. The Kier molecular flexibility index (Phi) is 2.67. The lowest BCUT2D eigenvalue weighted by Gasteiger charge is -2.05. The number of nitrogens with one attached hydrogen (secondary N) is 1. The fourth-order valence-electron chi connectivity index (χ4n) is 0.693. The maximum absolute atomic E-state index is 5.22. The maximum Gasteiger partial charge on any atom is 0.161 e. The van der Waals surface area contributed by atoms with Crippen molar-refractivity contribution in [3.8, 4) is 5.75 Å². The average molecular weight is 218 g/mol. The summed E-state index contributed by atoms with van der Waals surface area (Å²) in [6, 6.07) is 1.73. The Morgan fingerprint density at radius 3 is 3.00 bits per heavy atom. The maximum atomic E-state index is 5.22. The van der Waals surface area contributed by atoms with Gasteiger partial charge in [-0.15, -0.1) is 0 Å². The first-order valence-electron chi connectivity index (χ1n) is 2.94. The lowest BCUT2D eigenvalue weighted by Crippen LogP contribution is -2.08. The molecule has 1 heterocycles. The van der Waals surface area contributed by atoms with E-state index in [1.807, 2.05) is 0 Å². The molecule has 0 amide bonds. The minimum Gasteiger partial charge on any atom is -0.493 e. The van der Waals surface area contributed by atoms with E-state index in [1.54, 1.807) is 19.4 Å². The molecule has 0 aliphatic rings. The molecule has 0 fully saturated rings. The Morgan fingerprint density at radius 1 is 1.73 bits per heavy atom. The second-order valence-electron chi connectivity index (χ2n) is 1.85. The number of anilines is 1. The molecule has 0 aromatic carbocycles. The van der Waals surface area contributed by atoms with Gasteiger partial charge in [0, 0.05) is 0 Å². The minimum absolute atomic E-state index is 0.621. The number of nitrogen functional groups attached to an aromatic ring is 1. The summed E-state index contributed by atoms with van der Waals surface area (Å²) in [5, 5.41) is 0. The summed E-state index contributed by atoms with van der Waals surface area (Å²) < 4.78 is 5.68. The number of nitrogens with zero attached hydrogens (tertiary/aromatic N) is 1. The number of hydrazine groups is 1. The lowest BCUT2D eigenvalue weighted by molar-refractivity contribution is 0.414. The Hall–Kier alpha value is -0.810. The summed E-state index contributed by atoms with van der Waals surface area (Å²) in [7, 11) is 1.56. The third-order valence-electron chi connectivity index (χ3n) is 1.21. The molecule has 11 heavy (non-hydrogen) atoms. The molecule has 0 unspecified atom stereocenters. The van der Waals surface area contributed by atoms with Gasteiger partial charge in [-0.05, 0) is 22.0 Å². The first-order chi connectivity index (χ1) is 5.27. The molecule has 0 bridgehead atoms. The number of ether oxygens (including phenoxy) is 1. The number of pyridine rings is 1. The summed E-state index contributed by atoms with van der Waals surface area (Å²) in [5.41, 5.74) is 3.20. The zero-order valence-electron chi connectivity index (χ0n) is 5.97. The van der Waals surface area contributed by atoms with Crippen molar-refractivity contribution in [3.05, 3.63) is 16.9 Å². The third kappa shape index (κ3) is 1.81. The van der Waals surface area contributed by atoms with Gasteiger partial charge in [-0.3, -0.25) is 5.84 Å². The van der Waals surface area contributed by atoms with E-state index in [4.69, 9.17) is 10.6 Å². The highest BCUT2D eigenvalue weighted by Gasteiger charge is 2.01. The second kappa shape index (κ2) is 3.54. The summed E-state index contributed by atoms with van der Waals surface area (Å²) in [5.74, 6) is 5.84. The van der Waals surface area contributed by atoms with Crippen molar-refractivity contribution < 1.29 is 4.74 Å². The van der Waals surface area contributed by atoms with E-state index in [-0.39, 0.29) is 0 Å². The van der Waals surface area contributed by atoms with Gasteiger partial charge in [0.2, 0.25) is 0 Å². The van der Waals surface area contributed by atoms with E-state index in [0.29, 0.717) is 16.0 Å². The van der Waals surface area contributed by atoms with Crippen LogP contribution in [0.5, 0.6) is 5.75 Å². The smallest absolute Gasteiger partial charge is 0.161 e. The molecule has 1 aromatic heterocycles. The molecule has 60 valence electrons. The number of hydrogen-bond acceptors (Lipinski definition) is 4. The van der Waals surface area contributed by atoms with E-state index >= 15 is 0 Å². The zero-order chi connectivity index (χ0) is 8.27. The lowest BCUT2D eigenvalue weighted by atomic mass is 10.4. The van der Waals surface area contributed by atoms with E-state index < -0.39 is 0 Å². The van der Waals surface area contributed by atoms with Crippen LogP contribution in [-0.2, 0) is 0 Å². The number of aromatic nitrogens is 1.